The van der Waals surface area contributed by atoms with E-state index < -0.39 is 4.92 Å². The first-order valence-electron chi connectivity index (χ1n) is 5.55. The SMILES string of the molecule is COc1ncnc(OC2CC(CN)C2)c1[N+](=O)[O-]. The third kappa shape index (κ3) is 2.33. The van der Waals surface area contributed by atoms with Crippen molar-refractivity contribution in [1.29, 1.82) is 0 Å². The summed E-state index contributed by atoms with van der Waals surface area (Å²) in [6.45, 7) is 0.606. The maximum absolute atomic E-state index is 11.0. The minimum Gasteiger partial charge on any atom is -0.476 e. The Morgan fingerprint density at radius 2 is 2.17 bits per heavy atom. The Hall–Kier alpha value is -1.96. The molecule has 0 amide bonds. The van der Waals surface area contributed by atoms with Crippen molar-refractivity contribution in [2.24, 2.45) is 11.7 Å². The molecule has 8 nitrogen and oxygen atoms in total. The highest BCUT2D eigenvalue weighted by Crippen LogP contribution is 2.36. The standard InChI is InChI=1S/C10H14N4O4/c1-17-9-8(14(15)16)10(13-5-12-9)18-7-2-6(3-7)4-11/h5-7H,2-4,11H2,1H3. The highest BCUT2D eigenvalue weighted by Gasteiger charge is 2.33. The van der Waals surface area contributed by atoms with Gasteiger partial charge in [-0.25, -0.2) is 0 Å². The lowest BCUT2D eigenvalue weighted by molar-refractivity contribution is -0.387. The molecule has 0 bridgehead atoms. The van der Waals surface area contributed by atoms with E-state index in [-0.39, 0.29) is 23.6 Å². The van der Waals surface area contributed by atoms with Gasteiger partial charge in [0.1, 0.15) is 12.4 Å². The zero-order valence-corrected chi connectivity index (χ0v) is 9.91. The topological polar surface area (TPSA) is 113 Å². The smallest absolute Gasteiger partial charge is 0.392 e. The zero-order chi connectivity index (χ0) is 13.1. The molecule has 0 unspecified atom stereocenters. The lowest BCUT2D eigenvalue weighted by Crippen LogP contribution is -2.38. The van der Waals surface area contributed by atoms with E-state index in [4.69, 9.17) is 15.2 Å². The first-order valence-corrected chi connectivity index (χ1v) is 5.55. The van der Waals surface area contributed by atoms with Gasteiger partial charge in [-0.15, -0.1) is 0 Å². The number of methoxy groups -OCH3 is 1. The summed E-state index contributed by atoms with van der Waals surface area (Å²) in [6.07, 6.45) is 2.69. The van der Waals surface area contributed by atoms with Crippen LogP contribution in [-0.2, 0) is 0 Å². The van der Waals surface area contributed by atoms with E-state index in [1.54, 1.807) is 0 Å². The maximum Gasteiger partial charge on any atom is 0.392 e. The van der Waals surface area contributed by atoms with Gasteiger partial charge >= 0.3 is 17.4 Å². The van der Waals surface area contributed by atoms with Gasteiger partial charge in [0, 0.05) is 0 Å². The number of aromatic nitrogens is 2. The molecule has 8 heteroatoms. The van der Waals surface area contributed by atoms with Gasteiger partial charge in [-0.3, -0.25) is 10.1 Å². The van der Waals surface area contributed by atoms with Crippen LogP contribution in [0.3, 0.4) is 0 Å². The number of nitrogens with zero attached hydrogens (tertiary/aromatic N) is 3. The molecule has 0 spiro atoms. The summed E-state index contributed by atoms with van der Waals surface area (Å²) in [4.78, 5) is 17.8. The Morgan fingerprint density at radius 3 is 2.72 bits per heavy atom. The van der Waals surface area contributed by atoms with Crippen LogP contribution in [0.25, 0.3) is 0 Å². The molecule has 1 aromatic heterocycles. The second kappa shape index (κ2) is 5.13. The summed E-state index contributed by atoms with van der Waals surface area (Å²) < 4.78 is 10.3. The van der Waals surface area contributed by atoms with Gasteiger partial charge in [-0.2, -0.15) is 9.97 Å². The summed E-state index contributed by atoms with van der Waals surface area (Å²) in [6, 6.07) is 0. The number of hydrogen-bond acceptors (Lipinski definition) is 7. The first kappa shape index (κ1) is 12.5. The summed E-state index contributed by atoms with van der Waals surface area (Å²) in [7, 11) is 1.31. The van der Waals surface area contributed by atoms with Gasteiger partial charge in [-0.05, 0) is 25.3 Å². The molecule has 1 fully saturated rings. The fraction of sp³-hybridized carbons (Fsp3) is 0.600. The lowest BCUT2D eigenvalue weighted by Gasteiger charge is -2.33. The van der Waals surface area contributed by atoms with Gasteiger partial charge in [0.2, 0.25) is 0 Å². The fourth-order valence-corrected chi connectivity index (χ4v) is 1.86. The highest BCUT2D eigenvalue weighted by atomic mass is 16.6. The average molecular weight is 254 g/mol. The van der Waals surface area contributed by atoms with Crippen LogP contribution < -0.4 is 15.2 Å². The van der Waals surface area contributed by atoms with Crippen molar-refractivity contribution in [2.45, 2.75) is 18.9 Å². The van der Waals surface area contributed by atoms with E-state index in [1.165, 1.54) is 13.4 Å². The van der Waals surface area contributed by atoms with Gasteiger partial charge in [-0.1, -0.05) is 0 Å². The third-order valence-electron chi connectivity index (χ3n) is 2.94. The number of nitrogens with two attached hydrogens (primary N) is 1. The van der Waals surface area contributed by atoms with Crippen molar-refractivity contribution in [3.05, 3.63) is 16.4 Å². The molecule has 1 saturated carbocycles. The van der Waals surface area contributed by atoms with Crippen molar-refractivity contribution in [3.63, 3.8) is 0 Å². The summed E-state index contributed by atoms with van der Waals surface area (Å²) in [5.41, 5.74) is 5.17. The Morgan fingerprint density at radius 1 is 1.50 bits per heavy atom. The molecule has 1 aliphatic carbocycles. The quantitative estimate of drug-likeness (QED) is 0.601. The number of ether oxygens (including phenoxy) is 2. The first-order chi connectivity index (χ1) is 8.65. The van der Waals surface area contributed by atoms with E-state index in [1.807, 2.05) is 0 Å². The molecule has 1 aromatic rings. The normalized spacial score (nSPS) is 22.1. The molecule has 2 rings (SSSR count). The molecule has 18 heavy (non-hydrogen) atoms. The minimum absolute atomic E-state index is 0.0488. The molecule has 1 aliphatic rings. The van der Waals surface area contributed by atoms with Crippen molar-refractivity contribution in [2.75, 3.05) is 13.7 Å². The van der Waals surface area contributed by atoms with E-state index in [0.717, 1.165) is 12.8 Å². The van der Waals surface area contributed by atoms with Crippen LogP contribution in [0, 0.1) is 16.0 Å². The van der Waals surface area contributed by atoms with Crippen molar-refractivity contribution < 1.29 is 14.4 Å². The van der Waals surface area contributed by atoms with Crippen LogP contribution in [0.4, 0.5) is 5.69 Å². The van der Waals surface area contributed by atoms with E-state index in [0.29, 0.717) is 12.5 Å². The maximum atomic E-state index is 11.0. The van der Waals surface area contributed by atoms with Crippen molar-refractivity contribution in [3.8, 4) is 11.8 Å². The molecule has 0 aliphatic heterocycles. The second-order valence-corrected chi connectivity index (χ2v) is 4.11. The predicted octanol–water partition coefficient (Wildman–Crippen LogP) is 0.510. The highest BCUT2D eigenvalue weighted by molar-refractivity contribution is 5.49. The van der Waals surface area contributed by atoms with Crippen molar-refractivity contribution in [1.82, 2.24) is 9.97 Å². The second-order valence-electron chi connectivity index (χ2n) is 4.11. The fourth-order valence-electron chi connectivity index (χ4n) is 1.86. The van der Waals surface area contributed by atoms with Gasteiger partial charge in [0.15, 0.2) is 0 Å². The van der Waals surface area contributed by atoms with Crippen LogP contribution in [-0.4, -0.2) is 34.6 Å². The van der Waals surface area contributed by atoms with Crippen LogP contribution in [0.5, 0.6) is 11.8 Å². The monoisotopic (exact) mass is 254 g/mol. The van der Waals surface area contributed by atoms with Crippen LogP contribution in [0.2, 0.25) is 0 Å². The lowest BCUT2D eigenvalue weighted by atomic mass is 9.82. The van der Waals surface area contributed by atoms with Gasteiger partial charge < -0.3 is 15.2 Å². The van der Waals surface area contributed by atoms with E-state index in [2.05, 4.69) is 9.97 Å². The largest absolute Gasteiger partial charge is 0.476 e. The molecule has 2 N–H and O–H groups in total. The zero-order valence-electron chi connectivity index (χ0n) is 9.91. The molecule has 0 saturated heterocycles. The van der Waals surface area contributed by atoms with Crippen LogP contribution in [0.15, 0.2) is 6.33 Å². The van der Waals surface area contributed by atoms with E-state index in [9.17, 15) is 10.1 Å². The molecule has 0 radical (unpaired) electrons. The molecule has 0 aromatic carbocycles. The average Bonchev–Trinajstić information content (AvgIpc) is 2.32. The third-order valence-corrected chi connectivity index (χ3v) is 2.94. The Bertz CT molecular complexity index is 448. The summed E-state index contributed by atoms with van der Waals surface area (Å²) in [5.74, 6) is 0.282. The Kier molecular flexibility index (Phi) is 3.56. The predicted molar refractivity (Wildman–Crippen MR) is 61.4 cm³/mol. The van der Waals surface area contributed by atoms with E-state index >= 15 is 0 Å². The summed E-state index contributed by atoms with van der Waals surface area (Å²) in [5, 5.41) is 11.0. The number of nitro groups is 1. The van der Waals surface area contributed by atoms with Crippen LogP contribution >= 0.6 is 0 Å². The van der Waals surface area contributed by atoms with Gasteiger partial charge in [0.25, 0.3) is 0 Å². The van der Waals surface area contributed by atoms with Crippen LogP contribution in [0.1, 0.15) is 12.8 Å². The molecule has 1 heterocycles. The number of hydrogen-bond donors (Lipinski definition) is 1. The summed E-state index contributed by atoms with van der Waals surface area (Å²) >= 11 is 0. The molecule has 98 valence electrons. The Labute approximate surface area is 103 Å². The Balaban J connectivity index is 2.15. The van der Waals surface area contributed by atoms with Gasteiger partial charge in [0.05, 0.1) is 12.0 Å². The van der Waals surface area contributed by atoms with Crippen molar-refractivity contribution >= 4 is 5.69 Å². The molecular weight excluding hydrogens is 240 g/mol. The minimum atomic E-state index is -0.604. The molecule has 0 atom stereocenters. The number of rotatable bonds is 5. The molecular formula is C10H14N4O4.